The topological polar surface area (TPSA) is 95.9 Å². The average Bonchev–Trinajstić information content (AvgIpc) is 3.33. The van der Waals surface area contributed by atoms with Gasteiger partial charge in [0.2, 0.25) is 5.91 Å². The summed E-state index contributed by atoms with van der Waals surface area (Å²) in [5.41, 5.74) is 0. The van der Waals surface area contributed by atoms with E-state index in [-0.39, 0.29) is 24.9 Å². The number of hydrogen-bond acceptors (Lipinski definition) is 5. The minimum Gasteiger partial charge on any atom is -0.462 e. The highest BCUT2D eigenvalue weighted by Gasteiger charge is 2.24. The van der Waals surface area contributed by atoms with Gasteiger partial charge in [-0.15, -0.1) is 0 Å². The van der Waals surface area contributed by atoms with E-state index in [1.807, 2.05) is 0 Å². The summed E-state index contributed by atoms with van der Waals surface area (Å²) < 4.78 is 5.97. The molecule has 0 fully saturated rings. The van der Waals surface area contributed by atoms with Crippen molar-refractivity contribution < 1.29 is 24.5 Å². The highest BCUT2D eigenvalue weighted by Crippen LogP contribution is 2.19. The molecule has 1 amide bonds. The van der Waals surface area contributed by atoms with Gasteiger partial charge >= 0.3 is 5.97 Å². The van der Waals surface area contributed by atoms with Crippen LogP contribution in [0.3, 0.4) is 0 Å². The highest BCUT2D eigenvalue weighted by atomic mass is 16.5. The maximum Gasteiger partial charge on any atom is 0.306 e. The first-order valence-corrected chi connectivity index (χ1v) is 30.2. The van der Waals surface area contributed by atoms with Gasteiger partial charge in [-0.2, -0.15) is 0 Å². The van der Waals surface area contributed by atoms with Crippen LogP contribution in [-0.4, -0.2) is 46.9 Å². The van der Waals surface area contributed by atoms with Crippen molar-refractivity contribution in [1.29, 1.82) is 0 Å². The number of ether oxygens (including phenoxy) is 1. The van der Waals surface area contributed by atoms with Crippen LogP contribution in [-0.2, 0) is 14.3 Å². The van der Waals surface area contributed by atoms with Gasteiger partial charge in [0.1, 0.15) is 6.10 Å². The molecule has 0 heterocycles. The second-order valence-electron chi connectivity index (χ2n) is 20.7. The number of carbonyl (C=O) groups is 2. The van der Waals surface area contributed by atoms with E-state index >= 15 is 0 Å². The molecule has 0 aliphatic heterocycles. The molecule has 0 aliphatic rings. The first-order chi connectivity index (χ1) is 33.5. The zero-order valence-electron chi connectivity index (χ0n) is 45.8. The lowest BCUT2D eigenvalue weighted by Gasteiger charge is -2.24. The summed E-state index contributed by atoms with van der Waals surface area (Å²) in [4.78, 5) is 26.3. The SMILES string of the molecule is CCCCC/C=C\C/C=C\CCCCCCCCCCCC(=O)OC(CCCCCCC/C=C/CCCCCCCC)CC(=O)NC(CO)C(O)CCCCCCCCCCCCCCCCC. The third-order valence-electron chi connectivity index (χ3n) is 13.9. The fraction of sp³-hybridized carbons (Fsp3) is 0.871. The van der Waals surface area contributed by atoms with E-state index < -0.39 is 18.2 Å². The zero-order valence-corrected chi connectivity index (χ0v) is 45.8. The third kappa shape index (κ3) is 50.5. The molecule has 0 aromatic heterocycles. The van der Waals surface area contributed by atoms with Crippen molar-refractivity contribution >= 4 is 11.9 Å². The van der Waals surface area contributed by atoms with Crippen LogP contribution in [0.1, 0.15) is 323 Å². The number of hydrogen-bond donors (Lipinski definition) is 3. The molecule has 0 rings (SSSR count). The summed E-state index contributed by atoms with van der Waals surface area (Å²) in [6.07, 6.45) is 67.8. The molecule has 0 aromatic rings. The highest BCUT2D eigenvalue weighted by molar-refractivity contribution is 5.77. The minimum absolute atomic E-state index is 0.0736. The molecule has 0 bridgehead atoms. The predicted molar refractivity (Wildman–Crippen MR) is 296 cm³/mol. The average molecular weight is 957 g/mol. The van der Waals surface area contributed by atoms with Crippen LogP contribution >= 0.6 is 0 Å². The maximum atomic E-state index is 13.3. The van der Waals surface area contributed by atoms with E-state index in [1.165, 1.54) is 212 Å². The standard InChI is InChI=1S/C62H117NO5/c1-4-7-10-13-16-19-22-25-28-29-30-31-34-37-40-43-46-49-52-55-62(67)68-58(53-50-47-44-41-38-35-32-26-23-20-17-14-11-8-5-2)56-61(66)63-59(57-64)60(65)54-51-48-45-42-39-36-33-27-24-21-18-15-12-9-6-3/h16,19,25-26,28,32,58-60,64-65H,4-15,17-18,20-24,27,29-31,33-57H2,1-3H3,(H,63,66)/b19-16-,28-25-,32-26+. The quantitative estimate of drug-likeness (QED) is 0.0321. The third-order valence-corrected chi connectivity index (χ3v) is 13.9. The van der Waals surface area contributed by atoms with Crippen molar-refractivity contribution in [2.24, 2.45) is 0 Å². The van der Waals surface area contributed by atoms with E-state index in [1.54, 1.807) is 0 Å². The van der Waals surface area contributed by atoms with Crippen molar-refractivity contribution in [1.82, 2.24) is 5.32 Å². The van der Waals surface area contributed by atoms with Gasteiger partial charge in [-0.1, -0.05) is 263 Å². The predicted octanol–water partition coefficient (Wildman–Crippen LogP) is 18.8. The Morgan fingerprint density at radius 3 is 1.16 bits per heavy atom. The Kier molecular flexibility index (Phi) is 54.4. The summed E-state index contributed by atoms with van der Waals surface area (Å²) >= 11 is 0. The summed E-state index contributed by atoms with van der Waals surface area (Å²) in [5, 5.41) is 23.9. The normalized spacial score (nSPS) is 13.3. The molecule has 0 aliphatic carbocycles. The first kappa shape index (κ1) is 66.1. The van der Waals surface area contributed by atoms with Gasteiger partial charge in [0.25, 0.3) is 0 Å². The van der Waals surface area contributed by atoms with E-state index in [0.29, 0.717) is 19.3 Å². The zero-order chi connectivity index (χ0) is 49.5. The lowest BCUT2D eigenvalue weighted by Crippen LogP contribution is -2.46. The number of aliphatic hydroxyl groups is 2. The number of carbonyl (C=O) groups excluding carboxylic acids is 2. The molecule has 6 nitrogen and oxygen atoms in total. The van der Waals surface area contributed by atoms with Crippen LogP contribution in [0.15, 0.2) is 36.5 Å². The van der Waals surface area contributed by atoms with Gasteiger partial charge in [0.05, 0.1) is 25.2 Å². The van der Waals surface area contributed by atoms with Crippen molar-refractivity contribution in [3.63, 3.8) is 0 Å². The van der Waals surface area contributed by atoms with Gasteiger partial charge in [0, 0.05) is 6.42 Å². The van der Waals surface area contributed by atoms with E-state index in [0.717, 1.165) is 64.2 Å². The summed E-state index contributed by atoms with van der Waals surface area (Å²) in [7, 11) is 0. The molecule has 3 unspecified atom stereocenters. The van der Waals surface area contributed by atoms with E-state index in [4.69, 9.17) is 4.74 Å². The van der Waals surface area contributed by atoms with Crippen molar-refractivity contribution in [3.05, 3.63) is 36.5 Å². The van der Waals surface area contributed by atoms with Gasteiger partial charge in [-0.05, 0) is 83.5 Å². The van der Waals surface area contributed by atoms with Crippen molar-refractivity contribution in [3.8, 4) is 0 Å². The minimum atomic E-state index is -0.790. The summed E-state index contributed by atoms with van der Waals surface area (Å²) in [6, 6.07) is -0.704. The number of unbranched alkanes of at least 4 members (excludes halogenated alkanes) is 37. The molecule has 0 aromatic carbocycles. The fourth-order valence-electron chi connectivity index (χ4n) is 9.34. The number of rotatable bonds is 55. The van der Waals surface area contributed by atoms with Gasteiger partial charge in [-0.3, -0.25) is 9.59 Å². The van der Waals surface area contributed by atoms with Crippen LogP contribution in [0, 0.1) is 0 Å². The number of aliphatic hydroxyl groups excluding tert-OH is 2. The van der Waals surface area contributed by atoms with Crippen molar-refractivity contribution in [2.45, 2.75) is 341 Å². The van der Waals surface area contributed by atoms with Crippen LogP contribution < -0.4 is 5.32 Å². The number of allylic oxidation sites excluding steroid dienone is 6. The van der Waals surface area contributed by atoms with E-state index in [9.17, 15) is 19.8 Å². The molecule has 0 radical (unpaired) electrons. The molecule has 400 valence electrons. The number of esters is 1. The molecule has 6 heteroatoms. The van der Waals surface area contributed by atoms with Crippen LogP contribution in [0.25, 0.3) is 0 Å². The second-order valence-corrected chi connectivity index (χ2v) is 20.7. The fourth-order valence-corrected chi connectivity index (χ4v) is 9.34. The number of nitrogens with one attached hydrogen (secondary N) is 1. The molecule has 3 N–H and O–H groups in total. The van der Waals surface area contributed by atoms with Crippen molar-refractivity contribution in [2.75, 3.05) is 6.61 Å². The monoisotopic (exact) mass is 956 g/mol. The van der Waals surface area contributed by atoms with Gasteiger partial charge in [0.15, 0.2) is 0 Å². The molecular formula is C62H117NO5. The Hall–Kier alpha value is -1.92. The lowest BCUT2D eigenvalue weighted by molar-refractivity contribution is -0.151. The number of amides is 1. The van der Waals surface area contributed by atoms with E-state index in [2.05, 4.69) is 62.5 Å². The Morgan fingerprint density at radius 2 is 0.750 bits per heavy atom. The van der Waals surface area contributed by atoms with Crippen LogP contribution in [0.4, 0.5) is 0 Å². The summed E-state index contributed by atoms with van der Waals surface area (Å²) in [6.45, 7) is 6.49. The van der Waals surface area contributed by atoms with Crippen LogP contribution in [0.5, 0.6) is 0 Å². The Balaban J connectivity index is 4.52. The Bertz CT molecular complexity index is 1120. The van der Waals surface area contributed by atoms with Crippen LogP contribution in [0.2, 0.25) is 0 Å². The molecule has 68 heavy (non-hydrogen) atoms. The Labute approximate surface area is 424 Å². The molecule has 0 saturated carbocycles. The summed E-state index contributed by atoms with van der Waals surface area (Å²) in [5.74, 6) is -0.470. The molecule has 0 saturated heterocycles. The first-order valence-electron chi connectivity index (χ1n) is 30.2. The maximum absolute atomic E-state index is 13.3. The second kappa shape index (κ2) is 56.0. The largest absolute Gasteiger partial charge is 0.462 e. The Morgan fingerprint density at radius 1 is 0.426 bits per heavy atom. The van der Waals surface area contributed by atoms with Gasteiger partial charge in [-0.25, -0.2) is 0 Å². The molecular weight excluding hydrogens is 839 g/mol. The van der Waals surface area contributed by atoms with Gasteiger partial charge < -0.3 is 20.3 Å². The smallest absolute Gasteiger partial charge is 0.306 e. The molecule has 3 atom stereocenters. The lowest BCUT2D eigenvalue weighted by atomic mass is 10.0. The molecule has 0 spiro atoms.